The second-order valence-electron chi connectivity index (χ2n) is 5.76. The average Bonchev–Trinajstić information content (AvgIpc) is 3.01. The molecule has 0 aliphatic carbocycles. The van der Waals surface area contributed by atoms with Crippen LogP contribution in [0.25, 0.3) is 0 Å². The highest BCUT2D eigenvalue weighted by molar-refractivity contribution is 7.08. The van der Waals surface area contributed by atoms with Gasteiger partial charge in [0.2, 0.25) is 0 Å². The van der Waals surface area contributed by atoms with Crippen molar-refractivity contribution >= 4 is 17.4 Å². The molecule has 2 aromatic heterocycles. The molecule has 23 heavy (non-hydrogen) atoms. The van der Waals surface area contributed by atoms with E-state index < -0.39 is 0 Å². The molecule has 124 valence electrons. The Morgan fingerprint density at radius 1 is 1.43 bits per heavy atom. The third-order valence-corrected chi connectivity index (χ3v) is 4.87. The summed E-state index contributed by atoms with van der Waals surface area (Å²) in [5.41, 5.74) is 0.604. The molecule has 0 bridgehead atoms. The standard InChI is InChI=1S/C14H20N6O2S/c1-3-7-20-14(22)19-8-6-10(4-5-11(19)17-20)15-13(21)12-9(2)16-18-23-12/h10H,3-8H2,1-2H3,(H,15,21). The number of nitrogens with one attached hydrogen (secondary N) is 1. The lowest BCUT2D eigenvalue weighted by molar-refractivity contribution is 0.0936. The van der Waals surface area contributed by atoms with Crippen LogP contribution in [0.5, 0.6) is 0 Å². The fourth-order valence-corrected chi connectivity index (χ4v) is 3.38. The molecule has 0 saturated carbocycles. The Balaban J connectivity index is 1.67. The van der Waals surface area contributed by atoms with Crippen LogP contribution in [0.15, 0.2) is 4.79 Å². The molecule has 1 atom stereocenters. The Kier molecular flexibility index (Phi) is 4.56. The quantitative estimate of drug-likeness (QED) is 0.889. The number of aromatic nitrogens is 5. The van der Waals surface area contributed by atoms with Crippen molar-refractivity contribution in [3.8, 4) is 0 Å². The van der Waals surface area contributed by atoms with Gasteiger partial charge in [-0.2, -0.15) is 5.10 Å². The lowest BCUT2D eigenvalue weighted by Gasteiger charge is -2.15. The maximum atomic E-state index is 12.3. The fraction of sp³-hybridized carbons (Fsp3) is 0.643. The molecule has 1 aliphatic heterocycles. The molecule has 9 heteroatoms. The number of hydrogen-bond acceptors (Lipinski definition) is 6. The van der Waals surface area contributed by atoms with Crippen molar-refractivity contribution < 1.29 is 4.79 Å². The molecule has 0 saturated heterocycles. The van der Waals surface area contributed by atoms with E-state index in [4.69, 9.17) is 0 Å². The van der Waals surface area contributed by atoms with Crippen LogP contribution in [-0.2, 0) is 19.5 Å². The monoisotopic (exact) mass is 336 g/mol. The minimum atomic E-state index is -0.134. The van der Waals surface area contributed by atoms with Crippen molar-refractivity contribution in [2.45, 2.75) is 58.7 Å². The summed E-state index contributed by atoms with van der Waals surface area (Å²) < 4.78 is 7.07. The van der Waals surface area contributed by atoms with E-state index in [2.05, 4.69) is 20.0 Å². The van der Waals surface area contributed by atoms with E-state index in [0.29, 0.717) is 30.1 Å². The summed E-state index contributed by atoms with van der Waals surface area (Å²) in [6, 6.07) is 0.0322. The van der Waals surface area contributed by atoms with E-state index in [1.807, 2.05) is 6.92 Å². The number of fused-ring (bicyclic) bond motifs is 1. The molecule has 8 nitrogen and oxygen atoms in total. The zero-order valence-electron chi connectivity index (χ0n) is 13.3. The van der Waals surface area contributed by atoms with E-state index >= 15 is 0 Å². The van der Waals surface area contributed by atoms with Gasteiger partial charge in [-0.15, -0.1) is 5.10 Å². The molecule has 3 heterocycles. The van der Waals surface area contributed by atoms with Crippen LogP contribution in [0.2, 0.25) is 0 Å². The summed E-state index contributed by atoms with van der Waals surface area (Å²) in [5.74, 6) is 0.682. The normalized spacial score (nSPS) is 17.6. The molecule has 0 radical (unpaired) electrons. The van der Waals surface area contributed by atoms with Gasteiger partial charge in [0.15, 0.2) is 0 Å². The van der Waals surface area contributed by atoms with Gasteiger partial charge < -0.3 is 5.32 Å². The smallest absolute Gasteiger partial charge is 0.345 e. The van der Waals surface area contributed by atoms with Crippen molar-refractivity contribution in [1.82, 2.24) is 29.3 Å². The number of carbonyl (C=O) groups excluding carboxylic acids is 1. The van der Waals surface area contributed by atoms with Crippen molar-refractivity contribution in [2.75, 3.05) is 0 Å². The Hall–Kier alpha value is -2.03. The van der Waals surface area contributed by atoms with Crippen LogP contribution in [0, 0.1) is 6.92 Å². The minimum absolute atomic E-state index is 0.0322. The van der Waals surface area contributed by atoms with Gasteiger partial charge >= 0.3 is 5.69 Å². The molecule has 1 amide bonds. The Labute approximate surface area is 137 Å². The van der Waals surface area contributed by atoms with Gasteiger partial charge in [-0.1, -0.05) is 11.4 Å². The molecular weight excluding hydrogens is 316 g/mol. The fourth-order valence-electron chi connectivity index (χ4n) is 2.82. The van der Waals surface area contributed by atoms with Crippen LogP contribution < -0.4 is 11.0 Å². The van der Waals surface area contributed by atoms with Gasteiger partial charge in [0.05, 0.1) is 5.69 Å². The average molecular weight is 336 g/mol. The number of rotatable bonds is 4. The highest BCUT2D eigenvalue weighted by atomic mass is 32.1. The second-order valence-corrected chi connectivity index (χ2v) is 6.51. The number of nitrogens with zero attached hydrogens (tertiary/aromatic N) is 5. The van der Waals surface area contributed by atoms with Crippen molar-refractivity contribution in [3.63, 3.8) is 0 Å². The van der Waals surface area contributed by atoms with Crippen LogP contribution in [0.1, 0.15) is 47.4 Å². The molecule has 1 unspecified atom stereocenters. The molecule has 0 fully saturated rings. The van der Waals surface area contributed by atoms with E-state index in [1.165, 1.54) is 0 Å². The lowest BCUT2D eigenvalue weighted by Crippen LogP contribution is -2.35. The zero-order chi connectivity index (χ0) is 16.4. The Bertz CT molecular complexity index is 762. The number of aryl methyl sites for hydroxylation is 3. The lowest BCUT2D eigenvalue weighted by atomic mass is 10.1. The van der Waals surface area contributed by atoms with E-state index in [-0.39, 0.29) is 17.6 Å². The zero-order valence-corrected chi connectivity index (χ0v) is 14.1. The second kappa shape index (κ2) is 6.61. The highest BCUT2D eigenvalue weighted by Crippen LogP contribution is 2.14. The van der Waals surface area contributed by atoms with Crippen molar-refractivity contribution in [2.24, 2.45) is 0 Å². The maximum absolute atomic E-state index is 12.3. The van der Waals surface area contributed by atoms with Crippen LogP contribution in [0.3, 0.4) is 0 Å². The molecule has 1 N–H and O–H groups in total. The van der Waals surface area contributed by atoms with Gasteiger partial charge in [-0.3, -0.25) is 9.36 Å². The SMILES string of the molecule is CCCn1nc2n(c1=O)CCC(NC(=O)c1snnc1C)CC2. The predicted octanol–water partition coefficient (Wildman–Crippen LogP) is 0.750. The third-order valence-electron chi connectivity index (χ3n) is 4.05. The van der Waals surface area contributed by atoms with Crippen molar-refractivity contribution in [3.05, 3.63) is 26.9 Å². The summed E-state index contributed by atoms with van der Waals surface area (Å²) >= 11 is 1.11. The van der Waals surface area contributed by atoms with E-state index in [9.17, 15) is 9.59 Å². The topological polar surface area (TPSA) is 94.7 Å². The summed E-state index contributed by atoms with van der Waals surface area (Å²) in [5, 5.41) is 11.3. The van der Waals surface area contributed by atoms with Crippen LogP contribution in [0.4, 0.5) is 0 Å². The summed E-state index contributed by atoms with van der Waals surface area (Å²) in [4.78, 5) is 25.1. The summed E-state index contributed by atoms with van der Waals surface area (Å²) in [6.07, 6.45) is 3.08. The molecule has 3 rings (SSSR count). The van der Waals surface area contributed by atoms with Crippen molar-refractivity contribution in [1.29, 1.82) is 0 Å². The first-order chi connectivity index (χ1) is 11.1. The van der Waals surface area contributed by atoms with Gasteiger partial charge in [0.25, 0.3) is 5.91 Å². The van der Waals surface area contributed by atoms with Gasteiger partial charge in [0.1, 0.15) is 10.7 Å². The highest BCUT2D eigenvalue weighted by Gasteiger charge is 2.23. The predicted molar refractivity (Wildman–Crippen MR) is 85.6 cm³/mol. The third kappa shape index (κ3) is 3.19. The maximum Gasteiger partial charge on any atom is 0.345 e. The first-order valence-corrected chi connectivity index (χ1v) is 8.63. The van der Waals surface area contributed by atoms with Gasteiger partial charge in [-0.05, 0) is 37.7 Å². The van der Waals surface area contributed by atoms with E-state index in [1.54, 1.807) is 16.2 Å². The molecule has 0 spiro atoms. The first-order valence-electron chi connectivity index (χ1n) is 7.86. The van der Waals surface area contributed by atoms with E-state index in [0.717, 1.165) is 36.6 Å². The molecular formula is C14H20N6O2S. The number of carbonyl (C=O) groups is 1. The first kappa shape index (κ1) is 15.9. The minimum Gasteiger partial charge on any atom is -0.348 e. The summed E-state index contributed by atoms with van der Waals surface area (Å²) in [6.45, 7) is 5.04. The Morgan fingerprint density at radius 2 is 2.26 bits per heavy atom. The van der Waals surface area contributed by atoms with Gasteiger partial charge in [-0.25, -0.2) is 9.48 Å². The van der Waals surface area contributed by atoms with Crippen LogP contribution >= 0.6 is 11.5 Å². The number of amides is 1. The Morgan fingerprint density at radius 3 is 2.96 bits per heavy atom. The largest absolute Gasteiger partial charge is 0.348 e. The molecule has 1 aliphatic rings. The van der Waals surface area contributed by atoms with Crippen LogP contribution in [-0.4, -0.2) is 35.9 Å². The molecule has 2 aromatic rings. The summed E-state index contributed by atoms with van der Waals surface area (Å²) in [7, 11) is 0. The van der Waals surface area contributed by atoms with Gasteiger partial charge in [0, 0.05) is 25.6 Å². The molecule has 0 aromatic carbocycles. The number of hydrogen-bond donors (Lipinski definition) is 1.